The summed E-state index contributed by atoms with van der Waals surface area (Å²) in [6.45, 7) is 9.73. The van der Waals surface area contributed by atoms with Crippen LogP contribution in [0.5, 0.6) is 0 Å². The van der Waals surface area contributed by atoms with E-state index < -0.39 is 15.9 Å². The third-order valence-corrected chi connectivity index (χ3v) is 4.04. The van der Waals surface area contributed by atoms with Crippen LogP contribution in [-0.2, 0) is 23.1 Å². The standard InChI is InChI=1S/C13H18N2O4S.2C2H6/c1-15-6-4-10-8-11(2-3-12(10)9-15)13(16)14-5-7-20(17,18)19;2*1-2/h2-3,8H,4-7,9H2,1H3,(H,14,16)(H,17,18,19);2*1-2H3. The molecule has 0 fully saturated rings. The number of nitrogens with zero attached hydrogens (tertiary/aromatic N) is 1. The van der Waals surface area contributed by atoms with Crippen LogP contribution >= 0.6 is 0 Å². The number of amides is 1. The van der Waals surface area contributed by atoms with Crippen molar-refractivity contribution < 1.29 is 17.8 Å². The number of fused-ring (bicyclic) bond motifs is 1. The highest BCUT2D eigenvalue weighted by molar-refractivity contribution is 7.85. The van der Waals surface area contributed by atoms with Gasteiger partial charge >= 0.3 is 0 Å². The Labute approximate surface area is 146 Å². The quantitative estimate of drug-likeness (QED) is 0.807. The zero-order valence-electron chi connectivity index (χ0n) is 15.3. The first-order valence-corrected chi connectivity index (χ1v) is 10.00. The maximum absolute atomic E-state index is 11.9. The first-order valence-electron chi connectivity index (χ1n) is 8.39. The predicted octanol–water partition coefficient (Wildman–Crippen LogP) is 2.34. The molecule has 1 amide bonds. The molecule has 1 aliphatic rings. The van der Waals surface area contributed by atoms with Gasteiger partial charge in [-0.2, -0.15) is 8.42 Å². The Balaban J connectivity index is 0.00000123. The summed E-state index contributed by atoms with van der Waals surface area (Å²) in [6.07, 6.45) is 0.901. The van der Waals surface area contributed by atoms with Crippen LogP contribution < -0.4 is 5.32 Å². The van der Waals surface area contributed by atoms with Crippen molar-refractivity contribution in [3.63, 3.8) is 0 Å². The summed E-state index contributed by atoms with van der Waals surface area (Å²) in [5, 5.41) is 2.48. The Morgan fingerprint density at radius 3 is 2.42 bits per heavy atom. The Hall–Kier alpha value is -1.44. The smallest absolute Gasteiger partial charge is 0.266 e. The number of hydrogen-bond acceptors (Lipinski definition) is 4. The first-order chi connectivity index (χ1) is 11.3. The number of hydrogen-bond donors (Lipinski definition) is 2. The molecule has 24 heavy (non-hydrogen) atoms. The molecule has 0 aliphatic carbocycles. The molecule has 2 N–H and O–H groups in total. The number of carbonyl (C=O) groups is 1. The number of likely N-dealkylation sites (N-methyl/N-ethyl adjacent to an activating group) is 1. The van der Waals surface area contributed by atoms with Gasteiger partial charge < -0.3 is 10.2 Å². The van der Waals surface area contributed by atoms with Gasteiger partial charge in [0.25, 0.3) is 16.0 Å². The van der Waals surface area contributed by atoms with E-state index in [1.165, 1.54) is 5.56 Å². The highest BCUT2D eigenvalue weighted by Gasteiger charge is 2.15. The predicted molar refractivity (Wildman–Crippen MR) is 97.9 cm³/mol. The third-order valence-electron chi connectivity index (χ3n) is 3.32. The fourth-order valence-electron chi connectivity index (χ4n) is 2.23. The van der Waals surface area contributed by atoms with E-state index in [4.69, 9.17) is 4.55 Å². The molecule has 6 nitrogen and oxygen atoms in total. The lowest BCUT2D eigenvalue weighted by atomic mass is 9.97. The van der Waals surface area contributed by atoms with Crippen LogP contribution in [-0.4, -0.2) is 49.7 Å². The van der Waals surface area contributed by atoms with Crippen LogP contribution in [0.2, 0.25) is 0 Å². The van der Waals surface area contributed by atoms with Gasteiger partial charge in [0.15, 0.2) is 0 Å². The van der Waals surface area contributed by atoms with E-state index in [-0.39, 0.29) is 12.5 Å². The highest BCUT2D eigenvalue weighted by Crippen LogP contribution is 2.19. The molecule has 0 aromatic heterocycles. The minimum Gasteiger partial charge on any atom is -0.351 e. The topological polar surface area (TPSA) is 86.7 Å². The second-order valence-electron chi connectivity index (χ2n) is 5.01. The summed E-state index contributed by atoms with van der Waals surface area (Å²) in [5.41, 5.74) is 2.89. The fourth-order valence-corrected chi connectivity index (χ4v) is 2.59. The molecule has 0 atom stereocenters. The second-order valence-corrected chi connectivity index (χ2v) is 6.59. The molecular formula is C17H30N2O4S. The SMILES string of the molecule is CC.CC.CN1CCc2cc(C(=O)NCCS(=O)(=O)O)ccc2C1. The first kappa shape index (κ1) is 22.6. The summed E-state index contributed by atoms with van der Waals surface area (Å²) in [5.74, 6) is -0.801. The van der Waals surface area contributed by atoms with E-state index in [1.807, 2.05) is 39.8 Å². The van der Waals surface area contributed by atoms with Crippen molar-refractivity contribution in [2.45, 2.75) is 40.7 Å². The van der Waals surface area contributed by atoms with Crippen molar-refractivity contribution in [2.24, 2.45) is 0 Å². The molecule has 0 bridgehead atoms. The van der Waals surface area contributed by atoms with E-state index >= 15 is 0 Å². The van der Waals surface area contributed by atoms with E-state index in [9.17, 15) is 13.2 Å². The lowest BCUT2D eigenvalue weighted by Crippen LogP contribution is -2.30. The van der Waals surface area contributed by atoms with Gasteiger partial charge in [-0.3, -0.25) is 9.35 Å². The normalized spacial score (nSPS) is 13.6. The molecule has 0 radical (unpaired) electrons. The maximum atomic E-state index is 11.9. The lowest BCUT2D eigenvalue weighted by Gasteiger charge is -2.25. The Morgan fingerprint density at radius 2 is 1.83 bits per heavy atom. The van der Waals surface area contributed by atoms with E-state index in [2.05, 4.69) is 17.3 Å². The zero-order chi connectivity index (χ0) is 18.8. The number of benzene rings is 1. The third kappa shape index (κ3) is 7.90. The van der Waals surface area contributed by atoms with Crippen molar-refractivity contribution in [3.8, 4) is 0 Å². The maximum Gasteiger partial charge on any atom is 0.266 e. The molecular weight excluding hydrogens is 328 g/mol. The van der Waals surface area contributed by atoms with Crippen LogP contribution in [0.1, 0.15) is 49.2 Å². The van der Waals surface area contributed by atoms with Gasteiger partial charge in [0.05, 0.1) is 5.75 Å². The highest BCUT2D eigenvalue weighted by atomic mass is 32.2. The van der Waals surface area contributed by atoms with Crippen LogP contribution in [0, 0.1) is 0 Å². The Bertz CT molecular complexity index is 615. The molecule has 1 aromatic rings. The van der Waals surface area contributed by atoms with E-state index in [1.54, 1.807) is 6.07 Å². The fraction of sp³-hybridized carbons (Fsp3) is 0.588. The van der Waals surface area contributed by atoms with E-state index in [0.29, 0.717) is 5.56 Å². The van der Waals surface area contributed by atoms with Crippen molar-refractivity contribution in [2.75, 3.05) is 25.9 Å². The molecule has 1 heterocycles. The molecule has 0 saturated carbocycles. The van der Waals surface area contributed by atoms with Crippen LogP contribution in [0.3, 0.4) is 0 Å². The molecule has 0 unspecified atom stereocenters. The molecule has 2 rings (SSSR count). The van der Waals surface area contributed by atoms with Crippen LogP contribution in [0.25, 0.3) is 0 Å². The number of nitrogens with one attached hydrogen (secondary N) is 1. The summed E-state index contributed by atoms with van der Waals surface area (Å²) in [6, 6.07) is 5.52. The van der Waals surface area contributed by atoms with Gasteiger partial charge in [-0.25, -0.2) is 0 Å². The van der Waals surface area contributed by atoms with Crippen molar-refractivity contribution in [1.29, 1.82) is 0 Å². The van der Waals surface area contributed by atoms with Crippen molar-refractivity contribution >= 4 is 16.0 Å². The molecule has 138 valence electrons. The summed E-state index contributed by atoms with van der Waals surface area (Å²) < 4.78 is 29.7. The van der Waals surface area contributed by atoms with Crippen LogP contribution in [0.15, 0.2) is 18.2 Å². The summed E-state index contributed by atoms with van der Waals surface area (Å²) in [7, 11) is -1.99. The minimum absolute atomic E-state index is 0.0997. The number of carbonyl (C=O) groups excluding carboxylic acids is 1. The molecule has 7 heteroatoms. The largest absolute Gasteiger partial charge is 0.351 e. The monoisotopic (exact) mass is 358 g/mol. The summed E-state index contributed by atoms with van der Waals surface area (Å²) in [4.78, 5) is 14.1. The molecule has 0 saturated heterocycles. The van der Waals surface area contributed by atoms with Gasteiger partial charge in [0.1, 0.15) is 0 Å². The Morgan fingerprint density at radius 1 is 1.21 bits per heavy atom. The minimum atomic E-state index is -4.04. The van der Waals surface area contributed by atoms with Gasteiger partial charge in [-0.1, -0.05) is 33.8 Å². The average molecular weight is 359 g/mol. The van der Waals surface area contributed by atoms with Gasteiger partial charge in [-0.15, -0.1) is 0 Å². The molecule has 1 aliphatic heterocycles. The average Bonchev–Trinajstić information content (AvgIpc) is 2.56. The van der Waals surface area contributed by atoms with Gasteiger partial charge in [-0.05, 0) is 36.7 Å². The van der Waals surface area contributed by atoms with Crippen molar-refractivity contribution in [1.82, 2.24) is 10.2 Å². The van der Waals surface area contributed by atoms with Crippen LogP contribution in [0.4, 0.5) is 0 Å². The Kier molecular flexibility index (Phi) is 10.5. The van der Waals surface area contributed by atoms with Gasteiger partial charge in [0.2, 0.25) is 0 Å². The van der Waals surface area contributed by atoms with Gasteiger partial charge in [0, 0.05) is 25.2 Å². The van der Waals surface area contributed by atoms with E-state index in [0.717, 1.165) is 25.1 Å². The zero-order valence-corrected chi connectivity index (χ0v) is 16.1. The molecule has 0 spiro atoms. The molecule has 1 aromatic carbocycles. The van der Waals surface area contributed by atoms with Crippen molar-refractivity contribution in [3.05, 3.63) is 34.9 Å². The summed E-state index contributed by atoms with van der Waals surface area (Å²) >= 11 is 0. The lowest BCUT2D eigenvalue weighted by molar-refractivity contribution is 0.0956. The number of rotatable bonds is 4. The second kappa shape index (κ2) is 11.2.